The van der Waals surface area contributed by atoms with Gasteiger partial charge in [0.25, 0.3) is 0 Å². The van der Waals surface area contributed by atoms with Gasteiger partial charge in [-0.3, -0.25) is 4.68 Å². The van der Waals surface area contributed by atoms with Crippen LogP contribution < -0.4 is 0 Å². The van der Waals surface area contributed by atoms with Gasteiger partial charge in [-0.25, -0.2) is 9.78 Å². The number of carbonyl (C=O) groups excluding carboxylic acids is 1. The molecule has 0 aliphatic rings. The second-order valence-corrected chi connectivity index (χ2v) is 6.20. The van der Waals surface area contributed by atoms with Crippen LogP contribution in [0, 0.1) is 0 Å². The van der Waals surface area contributed by atoms with Crippen LogP contribution in [0.2, 0.25) is 0 Å². The smallest absolute Gasteiger partial charge is 0.358 e. The number of hydrogen-bond acceptors (Lipinski definition) is 5. The van der Waals surface area contributed by atoms with Crippen LogP contribution >= 0.6 is 11.3 Å². The van der Waals surface area contributed by atoms with E-state index >= 15 is 0 Å². The second-order valence-electron chi connectivity index (χ2n) is 5.35. The van der Waals surface area contributed by atoms with Crippen molar-refractivity contribution < 1.29 is 9.53 Å². The number of aromatic nitrogens is 3. The van der Waals surface area contributed by atoms with Crippen LogP contribution in [0.3, 0.4) is 0 Å². The molecule has 0 radical (unpaired) electrons. The van der Waals surface area contributed by atoms with E-state index in [1.54, 1.807) is 16.3 Å². The lowest BCUT2D eigenvalue weighted by Gasteiger charge is -2.12. The lowest BCUT2D eigenvalue weighted by Crippen LogP contribution is -2.17. The molecule has 0 amide bonds. The predicted molar refractivity (Wildman–Crippen MR) is 89.3 cm³/mol. The van der Waals surface area contributed by atoms with E-state index < -0.39 is 0 Å². The monoisotopic (exact) mass is 327 g/mol. The van der Waals surface area contributed by atoms with Gasteiger partial charge in [0, 0.05) is 30.6 Å². The second kappa shape index (κ2) is 6.75. The first kappa shape index (κ1) is 15.4. The average molecular weight is 327 g/mol. The molecule has 23 heavy (non-hydrogen) atoms. The van der Waals surface area contributed by atoms with Crippen LogP contribution in [0.15, 0.2) is 48.1 Å². The summed E-state index contributed by atoms with van der Waals surface area (Å²) in [4.78, 5) is 16.5. The third-order valence-electron chi connectivity index (χ3n) is 3.34. The SMILES string of the molecule is C[C@H](Cc1ccccc1)OC(=O)c1csc(-c2cnn(C)c2)n1. The van der Waals surface area contributed by atoms with Crippen molar-refractivity contribution in [1.29, 1.82) is 0 Å². The lowest BCUT2D eigenvalue weighted by molar-refractivity contribution is 0.0337. The quantitative estimate of drug-likeness (QED) is 0.675. The van der Waals surface area contributed by atoms with Gasteiger partial charge < -0.3 is 4.74 Å². The summed E-state index contributed by atoms with van der Waals surface area (Å²) in [5.41, 5.74) is 2.38. The third-order valence-corrected chi connectivity index (χ3v) is 4.23. The molecule has 0 fully saturated rings. The number of ether oxygens (including phenoxy) is 1. The van der Waals surface area contributed by atoms with Gasteiger partial charge in [0.1, 0.15) is 11.1 Å². The average Bonchev–Trinajstić information content (AvgIpc) is 3.16. The van der Waals surface area contributed by atoms with Gasteiger partial charge in [0.2, 0.25) is 0 Å². The van der Waals surface area contributed by atoms with E-state index in [-0.39, 0.29) is 12.1 Å². The Morgan fingerprint density at radius 2 is 2.13 bits per heavy atom. The molecule has 6 heteroatoms. The van der Waals surface area contributed by atoms with Gasteiger partial charge in [-0.05, 0) is 12.5 Å². The van der Waals surface area contributed by atoms with Crippen molar-refractivity contribution in [3.63, 3.8) is 0 Å². The molecular formula is C17H17N3O2S. The van der Waals surface area contributed by atoms with E-state index in [0.717, 1.165) is 16.1 Å². The van der Waals surface area contributed by atoms with E-state index in [0.29, 0.717) is 12.1 Å². The molecule has 2 aromatic heterocycles. The summed E-state index contributed by atoms with van der Waals surface area (Å²) in [5.74, 6) is -0.389. The zero-order chi connectivity index (χ0) is 16.2. The van der Waals surface area contributed by atoms with Crippen molar-refractivity contribution in [3.05, 3.63) is 59.4 Å². The molecular weight excluding hydrogens is 310 g/mol. The van der Waals surface area contributed by atoms with Crippen LogP contribution in [-0.4, -0.2) is 26.8 Å². The molecule has 3 rings (SSSR count). The topological polar surface area (TPSA) is 57.0 Å². The number of carbonyl (C=O) groups is 1. The molecule has 118 valence electrons. The highest BCUT2D eigenvalue weighted by molar-refractivity contribution is 7.13. The van der Waals surface area contributed by atoms with Crippen molar-refractivity contribution in [2.24, 2.45) is 7.05 Å². The predicted octanol–water partition coefficient (Wildman–Crippen LogP) is 3.33. The highest BCUT2D eigenvalue weighted by Crippen LogP contribution is 2.23. The summed E-state index contributed by atoms with van der Waals surface area (Å²) in [7, 11) is 1.84. The summed E-state index contributed by atoms with van der Waals surface area (Å²) < 4.78 is 7.18. The number of aryl methyl sites for hydroxylation is 1. The molecule has 0 saturated heterocycles. The Balaban J connectivity index is 1.63. The molecule has 0 aliphatic heterocycles. The first-order valence-electron chi connectivity index (χ1n) is 7.31. The summed E-state index contributed by atoms with van der Waals surface area (Å²) in [6.07, 6.45) is 4.08. The Hall–Kier alpha value is -2.47. The molecule has 0 aliphatic carbocycles. The highest BCUT2D eigenvalue weighted by atomic mass is 32.1. The summed E-state index contributed by atoms with van der Waals surface area (Å²) >= 11 is 1.41. The van der Waals surface area contributed by atoms with E-state index in [1.165, 1.54) is 11.3 Å². The number of esters is 1. The molecule has 0 N–H and O–H groups in total. The number of thiazole rings is 1. The molecule has 0 bridgehead atoms. The van der Waals surface area contributed by atoms with Crippen molar-refractivity contribution in [1.82, 2.24) is 14.8 Å². The van der Waals surface area contributed by atoms with Crippen molar-refractivity contribution >= 4 is 17.3 Å². The van der Waals surface area contributed by atoms with E-state index in [1.807, 2.05) is 50.5 Å². The van der Waals surface area contributed by atoms with E-state index in [2.05, 4.69) is 10.1 Å². The minimum Gasteiger partial charge on any atom is -0.458 e. The Morgan fingerprint density at radius 3 is 2.83 bits per heavy atom. The molecule has 0 unspecified atom stereocenters. The maximum absolute atomic E-state index is 12.2. The molecule has 3 aromatic rings. The fourth-order valence-electron chi connectivity index (χ4n) is 2.26. The fraction of sp³-hybridized carbons (Fsp3) is 0.235. The third kappa shape index (κ3) is 3.84. The van der Waals surface area contributed by atoms with Gasteiger partial charge >= 0.3 is 5.97 Å². The minimum absolute atomic E-state index is 0.201. The van der Waals surface area contributed by atoms with Crippen LogP contribution in [0.25, 0.3) is 10.6 Å². The number of benzene rings is 1. The van der Waals surface area contributed by atoms with Crippen LogP contribution in [0.1, 0.15) is 23.0 Å². The Bertz CT molecular complexity index is 795. The van der Waals surface area contributed by atoms with E-state index in [9.17, 15) is 4.79 Å². The van der Waals surface area contributed by atoms with Crippen LogP contribution in [0.4, 0.5) is 0 Å². The van der Waals surface area contributed by atoms with Crippen molar-refractivity contribution in [2.75, 3.05) is 0 Å². The molecule has 1 aromatic carbocycles. The Labute approximate surface area is 138 Å². The number of nitrogens with zero attached hydrogens (tertiary/aromatic N) is 3. The first-order chi connectivity index (χ1) is 11.1. The Kier molecular flexibility index (Phi) is 4.52. The zero-order valence-electron chi connectivity index (χ0n) is 13.0. The fourth-order valence-corrected chi connectivity index (χ4v) is 3.03. The number of hydrogen-bond donors (Lipinski definition) is 0. The van der Waals surface area contributed by atoms with Gasteiger partial charge in [-0.15, -0.1) is 11.3 Å². The maximum Gasteiger partial charge on any atom is 0.358 e. The Morgan fingerprint density at radius 1 is 1.35 bits per heavy atom. The molecule has 5 nitrogen and oxygen atoms in total. The minimum atomic E-state index is -0.389. The molecule has 0 saturated carbocycles. The maximum atomic E-state index is 12.2. The van der Waals surface area contributed by atoms with Gasteiger partial charge in [0.05, 0.1) is 6.20 Å². The highest BCUT2D eigenvalue weighted by Gasteiger charge is 2.17. The first-order valence-corrected chi connectivity index (χ1v) is 8.19. The van der Waals surface area contributed by atoms with Crippen LogP contribution in [-0.2, 0) is 18.2 Å². The normalized spacial score (nSPS) is 12.1. The van der Waals surface area contributed by atoms with Crippen LogP contribution in [0.5, 0.6) is 0 Å². The zero-order valence-corrected chi connectivity index (χ0v) is 13.8. The van der Waals surface area contributed by atoms with E-state index in [4.69, 9.17) is 4.74 Å². The molecule has 0 spiro atoms. The van der Waals surface area contributed by atoms with Crippen molar-refractivity contribution in [3.8, 4) is 10.6 Å². The van der Waals surface area contributed by atoms with Crippen molar-refractivity contribution in [2.45, 2.75) is 19.4 Å². The van der Waals surface area contributed by atoms with Gasteiger partial charge in [0.15, 0.2) is 5.69 Å². The van der Waals surface area contributed by atoms with Gasteiger partial charge in [-0.1, -0.05) is 30.3 Å². The molecule has 1 atom stereocenters. The standard InChI is InChI=1S/C17H17N3O2S/c1-12(8-13-6-4-3-5-7-13)22-17(21)15-11-23-16(19-15)14-9-18-20(2)10-14/h3-7,9-12H,8H2,1-2H3/t12-/m1/s1. The lowest BCUT2D eigenvalue weighted by atomic mass is 10.1. The summed E-state index contributed by atoms with van der Waals surface area (Å²) in [6, 6.07) is 9.96. The largest absolute Gasteiger partial charge is 0.458 e. The summed E-state index contributed by atoms with van der Waals surface area (Å²) in [6.45, 7) is 1.89. The number of rotatable bonds is 5. The molecule has 2 heterocycles. The summed E-state index contributed by atoms with van der Waals surface area (Å²) in [5, 5.41) is 6.60. The van der Waals surface area contributed by atoms with Gasteiger partial charge in [-0.2, -0.15) is 5.10 Å².